The van der Waals surface area contributed by atoms with Crippen molar-refractivity contribution in [1.82, 2.24) is 9.78 Å². The molecule has 0 spiro atoms. The van der Waals surface area contributed by atoms with E-state index in [-0.39, 0.29) is 12.8 Å². The fraction of sp³-hybridized carbons (Fsp3) is 0.333. The summed E-state index contributed by atoms with van der Waals surface area (Å²) in [6.07, 6.45) is 0.820. The van der Waals surface area contributed by atoms with E-state index in [0.29, 0.717) is 23.4 Å². The quantitative estimate of drug-likeness (QED) is 0.826. The summed E-state index contributed by atoms with van der Waals surface area (Å²) in [5.74, 6) is 1.06. The first-order valence-corrected chi connectivity index (χ1v) is 6.64. The van der Waals surface area contributed by atoms with Crippen LogP contribution in [0.4, 0.5) is 5.82 Å². The number of anilines is 1. The van der Waals surface area contributed by atoms with Gasteiger partial charge in [-0.25, -0.2) is 4.68 Å². The Kier molecular flexibility index (Phi) is 4.59. The maximum absolute atomic E-state index is 11.3. The largest absolute Gasteiger partial charge is 0.491 e. The van der Waals surface area contributed by atoms with Crippen LogP contribution in [0.1, 0.15) is 24.2 Å². The molecule has 1 aromatic heterocycles. The predicted octanol–water partition coefficient (Wildman–Crippen LogP) is 2.34. The highest BCUT2D eigenvalue weighted by Crippen LogP contribution is 2.27. The molecule has 0 fully saturated rings. The summed E-state index contributed by atoms with van der Waals surface area (Å²) in [7, 11) is 1.54. The van der Waals surface area contributed by atoms with Crippen molar-refractivity contribution in [2.24, 2.45) is 0 Å². The normalized spacial score (nSPS) is 10.9. The van der Waals surface area contributed by atoms with Gasteiger partial charge in [0.2, 0.25) is 0 Å². The predicted molar refractivity (Wildman–Crippen MR) is 80.2 cm³/mol. The molecule has 0 amide bonds. The monoisotopic (exact) mass is 289 g/mol. The Morgan fingerprint density at radius 2 is 2.00 bits per heavy atom. The van der Waals surface area contributed by atoms with Gasteiger partial charge in [0.25, 0.3) is 0 Å². The molecule has 2 N–H and O–H groups in total. The minimum atomic E-state index is 0.109. The van der Waals surface area contributed by atoms with Crippen LogP contribution in [0.3, 0.4) is 0 Å². The van der Waals surface area contributed by atoms with E-state index in [9.17, 15) is 4.79 Å². The molecule has 6 heteroatoms. The van der Waals surface area contributed by atoms with Crippen LogP contribution in [0.2, 0.25) is 0 Å². The number of methoxy groups -OCH3 is 1. The van der Waals surface area contributed by atoms with E-state index in [1.54, 1.807) is 7.11 Å². The number of hydrogen-bond acceptors (Lipinski definition) is 5. The van der Waals surface area contributed by atoms with E-state index < -0.39 is 0 Å². The second-order valence-corrected chi connectivity index (χ2v) is 4.87. The Morgan fingerprint density at radius 3 is 2.52 bits per heavy atom. The summed E-state index contributed by atoms with van der Waals surface area (Å²) < 4.78 is 12.1. The van der Waals surface area contributed by atoms with Crippen molar-refractivity contribution in [3.05, 3.63) is 29.8 Å². The first kappa shape index (κ1) is 15.1. The lowest BCUT2D eigenvalue weighted by Crippen LogP contribution is -2.06. The van der Waals surface area contributed by atoms with Gasteiger partial charge in [-0.05, 0) is 38.1 Å². The molecule has 2 rings (SSSR count). The molecule has 0 aliphatic carbocycles. The second kappa shape index (κ2) is 6.41. The third-order valence-corrected chi connectivity index (χ3v) is 2.90. The number of hydrogen-bond donors (Lipinski definition) is 1. The zero-order valence-corrected chi connectivity index (χ0v) is 12.4. The van der Waals surface area contributed by atoms with Crippen LogP contribution in [0.25, 0.3) is 11.3 Å². The molecular formula is C15H19N3O3. The first-order chi connectivity index (χ1) is 10.1. The summed E-state index contributed by atoms with van der Waals surface area (Å²) in [6, 6.07) is 7.39. The lowest BCUT2D eigenvalue weighted by Gasteiger charge is -2.09. The molecule has 21 heavy (non-hydrogen) atoms. The Morgan fingerprint density at radius 1 is 1.33 bits per heavy atom. The molecule has 0 atom stereocenters. The molecule has 0 aliphatic rings. The van der Waals surface area contributed by atoms with Crippen molar-refractivity contribution in [2.45, 2.75) is 26.7 Å². The highest BCUT2D eigenvalue weighted by Gasteiger charge is 2.16. The maximum atomic E-state index is 11.3. The molecule has 1 aromatic carbocycles. The Balaban J connectivity index is 2.37. The van der Waals surface area contributed by atoms with E-state index in [4.69, 9.17) is 15.2 Å². The minimum absolute atomic E-state index is 0.109. The fourth-order valence-corrected chi connectivity index (χ4v) is 2.00. The van der Waals surface area contributed by atoms with Gasteiger partial charge in [0.15, 0.2) is 6.29 Å². The van der Waals surface area contributed by atoms with Crippen LogP contribution in [-0.2, 0) is 11.5 Å². The van der Waals surface area contributed by atoms with Gasteiger partial charge in [0, 0.05) is 12.7 Å². The zero-order valence-electron chi connectivity index (χ0n) is 12.4. The van der Waals surface area contributed by atoms with Crippen molar-refractivity contribution in [2.75, 3.05) is 12.8 Å². The number of rotatable bonds is 6. The topological polar surface area (TPSA) is 79.4 Å². The standard InChI is InChI=1S/C15H19N3O3/c1-10(2)21-12-6-4-11(5-7-12)14-13(8-19)15(16)18(17-14)9-20-3/h4-8,10H,9,16H2,1-3H3. The van der Waals surface area contributed by atoms with E-state index in [1.165, 1.54) is 4.68 Å². The molecule has 6 nitrogen and oxygen atoms in total. The molecule has 2 aromatic rings. The average molecular weight is 289 g/mol. The van der Waals surface area contributed by atoms with Crippen LogP contribution in [0.5, 0.6) is 5.75 Å². The molecule has 0 saturated carbocycles. The number of benzene rings is 1. The van der Waals surface area contributed by atoms with Crippen LogP contribution in [-0.4, -0.2) is 29.3 Å². The van der Waals surface area contributed by atoms with Crippen LogP contribution in [0, 0.1) is 0 Å². The molecule has 0 radical (unpaired) electrons. The number of carbonyl (C=O) groups excluding carboxylic acids is 1. The third-order valence-electron chi connectivity index (χ3n) is 2.90. The summed E-state index contributed by atoms with van der Waals surface area (Å²) in [4.78, 5) is 11.3. The Hall–Kier alpha value is -2.34. The van der Waals surface area contributed by atoms with Crippen LogP contribution in [0.15, 0.2) is 24.3 Å². The van der Waals surface area contributed by atoms with Crippen molar-refractivity contribution in [3.8, 4) is 17.0 Å². The number of ether oxygens (including phenoxy) is 2. The zero-order chi connectivity index (χ0) is 15.4. The lowest BCUT2D eigenvalue weighted by atomic mass is 10.1. The molecule has 1 heterocycles. The van der Waals surface area contributed by atoms with E-state index in [2.05, 4.69) is 5.10 Å². The van der Waals surface area contributed by atoms with Gasteiger partial charge in [-0.1, -0.05) is 0 Å². The molecule has 112 valence electrons. The van der Waals surface area contributed by atoms with Gasteiger partial charge in [0.05, 0.1) is 11.7 Å². The summed E-state index contributed by atoms with van der Waals surface area (Å²) in [5, 5.41) is 4.33. The highest BCUT2D eigenvalue weighted by atomic mass is 16.5. The Labute approximate surface area is 123 Å². The Bertz CT molecular complexity index is 618. The van der Waals surface area contributed by atoms with Gasteiger partial charge in [-0.3, -0.25) is 4.79 Å². The number of aromatic nitrogens is 2. The number of nitrogens with zero attached hydrogens (tertiary/aromatic N) is 2. The fourth-order valence-electron chi connectivity index (χ4n) is 2.00. The van der Waals surface area contributed by atoms with Gasteiger partial charge in [0.1, 0.15) is 24.0 Å². The van der Waals surface area contributed by atoms with Gasteiger partial charge in [-0.15, -0.1) is 0 Å². The van der Waals surface area contributed by atoms with Crippen LogP contribution >= 0.6 is 0 Å². The number of nitrogen functional groups attached to an aromatic ring is 1. The molecule has 0 bridgehead atoms. The van der Waals surface area contributed by atoms with Crippen LogP contribution < -0.4 is 10.5 Å². The van der Waals surface area contributed by atoms with Gasteiger partial charge >= 0.3 is 0 Å². The highest BCUT2D eigenvalue weighted by molar-refractivity contribution is 5.91. The molecule has 0 unspecified atom stereocenters. The first-order valence-electron chi connectivity index (χ1n) is 6.64. The molecular weight excluding hydrogens is 270 g/mol. The second-order valence-electron chi connectivity index (χ2n) is 4.87. The van der Waals surface area contributed by atoms with E-state index in [1.807, 2.05) is 38.1 Å². The lowest BCUT2D eigenvalue weighted by molar-refractivity contribution is 0.112. The average Bonchev–Trinajstić information content (AvgIpc) is 2.76. The summed E-state index contributed by atoms with van der Waals surface area (Å²) >= 11 is 0. The molecule has 0 aliphatic heterocycles. The van der Waals surface area contributed by atoms with Crippen molar-refractivity contribution in [3.63, 3.8) is 0 Å². The smallest absolute Gasteiger partial charge is 0.156 e. The number of nitrogens with two attached hydrogens (primary N) is 1. The molecule has 0 saturated heterocycles. The maximum Gasteiger partial charge on any atom is 0.156 e. The number of aldehydes is 1. The van der Waals surface area contributed by atoms with E-state index >= 15 is 0 Å². The summed E-state index contributed by atoms with van der Waals surface area (Å²) in [6.45, 7) is 4.12. The SMILES string of the molecule is COCn1nc(-c2ccc(OC(C)C)cc2)c(C=O)c1N. The van der Waals surface area contributed by atoms with Crippen molar-refractivity contribution < 1.29 is 14.3 Å². The number of carbonyl (C=O) groups is 1. The third kappa shape index (κ3) is 3.22. The van der Waals surface area contributed by atoms with E-state index in [0.717, 1.165) is 11.3 Å². The van der Waals surface area contributed by atoms with Crippen molar-refractivity contribution in [1.29, 1.82) is 0 Å². The summed E-state index contributed by atoms with van der Waals surface area (Å²) in [5.41, 5.74) is 7.60. The van der Waals surface area contributed by atoms with Crippen molar-refractivity contribution >= 4 is 12.1 Å². The van der Waals surface area contributed by atoms with Gasteiger partial charge < -0.3 is 15.2 Å². The minimum Gasteiger partial charge on any atom is -0.491 e. The van der Waals surface area contributed by atoms with Gasteiger partial charge in [-0.2, -0.15) is 5.10 Å².